The van der Waals surface area contributed by atoms with Crippen LogP contribution >= 0.6 is 0 Å². The van der Waals surface area contributed by atoms with Crippen LogP contribution in [0.3, 0.4) is 0 Å². The van der Waals surface area contributed by atoms with Crippen molar-refractivity contribution in [1.29, 1.82) is 0 Å². The molecule has 170 valence electrons. The average molecular weight is 447 g/mol. The number of aliphatic carboxylic acids is 1. The third kappa shape index (κ3) is 3.67. The predicted molar refractivity (Wildman–Crippen MR) is 122 cm³/mol. The van der Waals surface area contributed by atoms with Crippen LogP contribution in [0.5, 0.6) is 0 Å². The van der Waals surface area contributed by atoms with Crippen LogP contribution in [0.15, 0.2) is 60.7 Å². The van der Waals surface area contributed by atoms with Crippen LogP contribution in [0.1, 0.15) is 36.3 Å². The Morgan fingerprint density at radius 3 is 2.42 bits per heavy atom. The zero-order valence-corrected chi connectivity index (χ0v) is 18.2. The molecule has 0 radical (unpaired) electrons. The SMILES string of the molecule is O=C(NC/C=C/C(=O)N1CCC[C@@H]2C[C@@]21C(=O)O)OCC1c2ccccc2-c2ccccc21. The second-order valence-electron chi connectivity index (χ2n) is 8.87. The van der Waals surface area contributed by atoms with E-state index in [0.29, 0.717) is 13.0 Å². The van der Waals surface area contributed by atoms with E-state index >= 15 is 0 Å². The van der Waals surface area contributed by atoms with E-state index in [4.69, 9.17) is 4.74 Å². The first-order valence-electron chi connectivity index (χ1n) is 11.3. The zero-order chi connectivity index (χ0) is 23.0. The zero-order valence-electron chi connectivity index (χ0n) is 18.2. The third-order valence-corrected chi connectivity index (χ3v) is 7.09. The molecule has 7 heteroatoms. The lowest BCUT2D eigenvalue weighted by Crippen LogP contribution is -2.50. The Bertz CT molecular complexity index is 1100. The van der Waals surface area contributed by atoms with Crippen molar-refractivity contribution in [2.45, 2.75) is 30.7 Å². The molecular formula is C26H26N2O5. The lowest BCUT2D eigenvalue weighted by Gasteiger charge is -2.32. The highest BCUT2D eigenvalue weighted by Crippen LogP contribution is 2.54. The van der Waals surface area contributed by atoms with Crippen LogP contribution in [-0.4, -0.2) is 53.2 Å². The number of amides is 2. The Morgan fingerprint density at radius 1 is 1.09 bits per heavy atom. The minimum absolute atomic E-state index is 0.0157. The van der Waals surface area contributed by atoms with E-state index in [1.165, 1.54) is 28.2 Å². The molecule has 2 fully saturated rings. The summed E-state index contributed by atoms with van der Waals surface area (Å²) >= 11 is 0. The van der Waals surface area contributed by atoms with Gasteiger partial charge in [0, 0.05) is 25.1 Å². The van der Waals surface area contributed by atoms with Gasteiger partial charge in [-0.15, -0.1) is 0 Å². The first-order chi connectivity index (χ1) is 16.0. The van der Waals surface area contributed by atoms with E-state index in [-0.39, 0.29) is 30.9 Å². The molecule has 0 spiro atoms. The molecule has 33 heavy (non-hydrogen) atoms. The summed E-state index contributed by atoms with van der Waals surface area (Å²) in [6, 6.07) is 16.3. The van der Waals surface area contributed by atoms with Gasteiger partial charge in [0.15, 0.2) is 0 Å². The van der Waals surface area contributed by atoms with Crippen LogP contribution in [0, 0.1) is 5.92 Å². The van der Waals surface area contributed by atoms with E-state index in [0.717, 1.165) is 24.0 Å². The van der Waals surface area contributed by atoms with Gasteiger partial charge in [-0.25, -0.2) is 9.59 Å². The molecular weight excluding hydrogens is 420 g/mol. The molecule has 7 nitrogen and oxygen atoms in total. The maximum absolute atomic E-state index is 12.6. The number of hydrogen-bond donors (Lipinski definition) is 2. The fourth-order valence-electron chi connectivity index (χ4n) is 5.41. The summed E-state index contributed by atoms with van der Waals surface area (Å²) in [5.41, 5.74) is 3.59. The molecule has 2 atom stereocenters. The highest BCUT2D eigenvalue weighted by Gasteiger charge is 2.66. The first-order valence-corrected chi connectivity index (χ1v) is 11.3. The summed E-state index contributed by atoms with van der Waals surface area (Å²) in [5, 5.41) is 12.2. The van der Waals surface area contributed by atoms with Gasteiger partial charge in [-0.2, -0.15) is 0 Å². The van der Waals surface area contributed by atoms with Crippen molar-refractivity contribution >= 4 is 18.0 Å². The number of carbonyl (C=O) groups is 3. The van der Waals surface area contributed by atoms with E-state index < -0.39 is 17.6 Å². The number of hydrogen-bond acceptors (Lipinski definition) is 4. The number of rotatable bonds is 6. The first kappa shape index (κ1) is 21.2. The number of nitrogens with one attached hydrogen (secondary N) is 1. The largest absolute Gasteiger partial charge is 0.479 e. The summed E-state index contributed by atoms with van der Waals surface area (Å²) in [5.74, 6) is -1.21. The second kappa shape index (κ2) is 8.39. The molecule has 0 aromatic heterocycles. The smallest absolute Gasteiger partial charge is 0.407 e. The highest BCUT2D eigenvalue weighted by atomic mass is 16.5. The van der Waals surface area contributed by atoms with Gasteiger partial charge in [0.2, 0.25) is 5.91 Å². The van der Waals surface area contributed by atoms with Crippen molar-refractivity contribution in [2.75, 3.05) is 19.7 Å². The molecule has 2 aliphatic carbocycles. The molecule has 0 unspecified atom stereocenters. The molecule has 2 amide bonds. The van der Waals surface area contributed by atoms with Crippen LogP contribution in [0.2, 0.25) is 0 Å². The van der Waals surface area contributed by atoms with E-state index in [1.54, 1.807) is 0 Å². The van der Waals surface area contributed by atoms with Gasteiger partial charge in [-0.1, -0.05) is 54.6 Å². The van der Waals surface area contributed by atoms with Crippen molar-refractivity contribution in [3.63, 3.8) is 0 Å². The fourth-order valence-corrected chi connectivity index (χ4v) is 5.41. The standard InChI is InChI=1S/C26H26N2O5/c29-23(28-14-6-7-17-15-26(17,28)24(30)31)12-5-13-27-25(32)33-16-22-20-10-3-1-8-18(20)19-9-2-4-11-21(19)22/h1-5,8-12,17,22H,6-7,13-16H2,(H,27,32)(H,30,31)/b12-5+/t17-,26+/m1/s1. The molecule has 1 aliphatic heterocycles. The lowest BCUT2D eigenvalue weighted by molar-refractivity contribution is -0.152. The molecule has 1 heterocycles. The van der Waals surface area contributed by atoms with Gasteiger partial charge in [0.1, 0.15) is 12.1 Å². The van der Waals surface area contributed by atoms with Crippen molar-refractivity contribution in [1.82, 2.24) is 10.2 Å². The monoisotopic (exact) mass is 446 g/mol. The van der Waals surface area contributed by atoms with Gasteiger partial charge in [0.25, 0.3) is 0 Å². The summed E-state index contributed by atoms with van der Waals surface area (Å²) in [6.07, 6.45) is 4.51. The molecule has 1 saturated carbocycles. The second-order valence-corrected chi connectivity index (χ2v) is 8.87. The Morgan fingerprint density at radius 2 is 1.76 bits per heavy atom. The Balaban J connectivity index is 1.14. The lowest BCUT2D eigenvalue weighted by atomic mass is 9.98. The number of likely N-dealkylation sites (tertiary alicyclic amines) is 1. The summed E-state index contributed by atoms with van der Waals surface area (Å²) in [4.78, 5) is 37.9. The summed E-state index contributed by atoms with van der Waals surface area (Å²) < 4.78 is 5.48. The molecule has 2 aromatic rings. The van der Waals surface area contributed by atoms with Crippen LogP contribution in [-0.2, 0) is 14.3 Å². The van der Waals surface area contributed by atoms with Crippen molar-refractivity contribution in [3.05, 3.63) is 71.8 Å². The Hall–Kier alpha value is -3.61. The van der Waals surface area contributed by atoms with Crippen molar-refractivity contribution in [3.8, 4) is 11.1 Å². The third-order valence-electron chi connectivity index (χ3n) is 7.09. The number of benzene rings is 2. The highest BCUT2D eigenvalue weighted by molar-refractivity contribution is 5.95. The molecule has 3 aliphatic rings. The van der Waals surface area contributed by atoms with Crippen LogP contribution in [0.4, 0.5) is 4.79 Å². The molecule has 0 bridgehead atoms. The quantitative estimate of drug-likeness (QED) is 0.662. The van der Waals surface area contributed by atoms with E-state index in [1.807, 2.05) is 24.3 Å². The van der Waals surface area contributed by atoms with Crippen molar-refractivity contribution in [2.24, 2.45) is 5.92 Å². The fraction of sp³-hybridized carbons (Fsp3) is 0.346. The molecule has 1 saturated heterocycles. The molecule has 2 aromatic carbocycles. The van der Waals surface area contributed by atoms with Gasteiger partial charge in [-0.05, 0) is 47.4 Å². The number of carbonyl (C=O) groups excluding carboxylic acids is 2. The number of nitrogens with zero attached hydrogens (tertiary/aromatic N) is 1. The molecule has 2 N–H and O–H groups in total. The van der Waals surface area contributed by atoms with Crippen molar-refractivity contribution < 1.29 is 24.2 Å². The number of carboxylic acids is 1. The number of piperidine rings is 1. The Labute approximate surface area is 192 Å². The van der Waals surface area contributed by atoms with E-state index in [9.17, 15) is 19.5 Å². The Kier molecular flexibility index (Phi) is 5.40. The normalized spacial score (nSPS) is 22.9. The topological polar surface area (TPSA) is 95.9 Å². The van der Waals surface area contributed by atoms with Gasteiger partial charge in [0.05, 0.1) is 0 Å². The number of alkyl carbamates (subject to hydrolysis) is 1. The maximum atomic E-state index is 12.6. The van der Waals surface area contributed by atoms with Gasteiger partial charge in [-0.3, -0.25) is 4.79 Å². The number of ether oxygens (including phenoxy) is 1. The van der Waals surface area contributed by atoms with Gasteiger partial charge >= 0.3 is 12.1 Å². The average Bonchev–Trinajstić information content (AvgIpc) is 3.51. The number of carboxylic acid groups (broad SMARTS) is 1. The molecule has 5 rings (SSSR count). The minimum atomic E-state index is -1.03. The maximum Gasteiger partial charge on any atom is 0.407 e. The summed E-state index contributed by atoms with van der Waals surface area (Å²) in [7, 11) is 0. The van der Waals surface area contributed by atoms with Crippen LogP contribution in [0.25, 0.3) is 11.1 Å². The van der Waals surface area contributed by atoms with E-state index in [2.05, 4.69) is 29.6 Å². The number of fused-ring (bicyclic) bond motifs is 4. The predicted octanol–water partition coefficient (Wildman–Crippen LogP) is 3.55. The van der Waals surface area contributed by atoms with Gasteiger partial charge < -0.3 is 20.1 Å². The van der Waals surface area contributed by atoms with Crippen LogP contribution < -0.4 is 5.32 Å². The summed E-state index contributed by atoms with van der Waals surface area (Å²) in [6.45, 7) is 0.796. The minimum Gasteiger partial charge on any atom is -0.479 e.